The van der Waals surface area contributed by atoms with Crippen molar-refractivity contribution in [1.29, 1.82) is 0 Å². The summed E-state index contributed by atoms with van der Waals surface area (Å²) in [7, 11) is 2.15. The fourth-order valence-corrected chi connectivity index (χ4v) is 6.12. The molecule has 208 valence electrons. The molecule has 4 heterocycles. The summed E-state index contributed by atoms with van der Waals surface area (Å²) in [6, 6.07) is 8.76. The number of pyridine rings is 1. The largest absolute Gasteiger partial charge is 0.354 e. The highest BCUT2D eigenvalue weighted by Gasteiger charge is 2.32. The Morgan fingerprint density at radius 3 is 2.51 bits per heavy atom. The van der Waals surface area contributed by atoms with Gasteiger partial charge in [-0.25, -0.2) is 4.98 Å². The maximum atomic E-state index is 13.7. The molecule has 5 rings (SSSR count). The highest BCUT2D eigenvalue weighted by Crippen LogP contribution is 2.33. The van der Waals surface area contributed by atoms with Gasteiger partial charge in [-0.05, 0) is 82.5 Å². The number of benzene rings is 1. The molecule has 39 heavy (non-hydrogen) atoms. The quantitative estimate of drug-likeness (QED) is 0.498. The van der Waals surface area contributed by atoms with Gasteiger partial charge in [-0.2, -0.15) is 0 Å². The lowest BCUT2D eigenvalue weighted by molar-refractivity contribution is -0.129. The Balaban J connectivity index is 1.46. The molecule has 0 radical (unpaired) electrons. The number of piperidine rings is 1. The summed E-state index contributed by atoms with van der Waals surface area (Å²) in [6.07, 6.45) is 4.96. The Bertz CT molecular complexity index is 1350. The average Bonchev–Trinajstić information content (AvgIpc) is 3.24. The number of hydrogen-bond acceptors (Lipinski definition) is 5. The SMILES string of the molecule is Cc1cn(C(C)C)c2cc(-c3ccc(N4CCN(C)CC4)nc3)cc(C(=O)NCC3C(=O)NC(C)CC3C)c12. The first-order valence-electron chi connectivity index (χ1n) is 14.3. The van der Waals surface area contributed by atoms with E-state index in [1.807, 2.05) is 19.2 Å². The Labute approximate surface area is 231 Å². The minimum atomic E-state index is -0.225. The van der Waals surface area contributed by atoms with Crippen molar-refractivity contribution < 1.29 is 9.59 Å². The molecule has 8 heteroatoms. The standard InChI is InChI=1S/C31H42N6O2/c1-19(2)37-18-21(4)29-25(30(38)33-17-26-20(3)13-22(5)34-31(26)39)14-24(15-27(29)37)23-7-8-28(32-16-23)36-11-9-35(6)10-12-36/h7-8,14-16,18-20,22,26H,9-13,17H2,1-6H3,(H,33,38)(H,34,39). The van der Waals surface area contributed by atoms with Gasteiger partial charge in [0.05, 0.1) is 5.92 Å². The topological polar surface area (TPSA) is 82.5 Å². The highest BCUT2D eigenvalue weighted by molar-refractivity contribution is 6.09. The van der Waals surface area contributed by atoms with Crippen molar-refractivity contribution in [3.8, 4) is 11.1 Å². The number of aryl methyl sites for hydroxylation is 1. The van der Waals surface area contributed by atoms with Crippen molar-refractivity contribution >= 4 is 28.5 Å². The van der Waals surface area contributed by atoms with Crippen molar-refractivity contribution in [1.82, 2.24) is 25.1 Å². The normalized spacial score (nSPS) is 22.4. The predicted octanol–water partition coefficient (Wildman–Crippen LogP) is 4.23. The molecule has 8 nitrogen and oxygen atoms in total. The molecule has 2 fully saturated rings. The van der Waals surface area contributed by atoms with Gasteiger partial charge in [-0.15, -0.1) is 0 Å². The molecule has 3 unspecified atom stereocenters. The Kier molecular flexibility index (Phi) is 7.67. The zero-order valence-electron chi connectivity index (χ0n) is 24.1. The number of anilines is 1. The molecule has 0 aliphatic carbocycles. The minimum Gasteiger partial charge on any atom is -0.354 e. The van der Waals surface area contributed by atoms with Crippen LogP contribution in [-0.4, -0.2) is 72.1 Å². The van der Waals surface area contributed by atoms with E-state index in [1.54, 1.807) is 0 Å². The molecule has 2 saturated heterocycles. The van der Waals surface area contributed by atoms with Gasteiger partial charge < -0.3 is 25.0 Å². The maximum Gasteiger partial charge on any atom is 0.252 e. The Morgan fingerprint density at radius 1 is 1.13 bits per heavy atom. The van der Waals surface area contributed by atoms with Gasteiger partial charge in [0.25, 0.3) is 5.91 Å². The summed E-state index contributed by atoms with van der Waals surface area (Å²) in [5.41, 5.74) is 4.68. The number of carbonyl (C=O) groups is 2. The summed E-state index contributed by atoms with van der Waals surface area (Å²) < 4.78 is 2.23. The lowest BCUT2D eigenvalue weighted by atomic mass is 9.84. The van der Waals surface area contributed by atoms with Gasteiger partial charge >= 0.3 is 0 Å². The fraction of sp³-hybridized carbons (Fsp3) is 0.516. The van der Waals surface area contributed by atoms with E-state index in [2.05, 4.69) is 84.1 Å². The first kappa shape index (κ1) is 27.2. The number of hydrogen-bond donors (Lipinski definition) is 2. The number of piperazine rings is 1. The van der Waals surface area contributed by atoms with Crippen LogP contribution in [0.15, 0.2) is 36.7 Å². The Morgan fingerprint density at radius 2 is 1.87 bits per heavy atom. The zero-order valence-corrected chi connectivity index (χ0v) is 24.1. The second-order valence-corrected chi connectivity index (χ2v) is 11.9. The number of amides is 2. The van der Waals surface area contributed by atoms with Gasteiger partial charge in [0, 0.05) is 79.2 Å². The van der Waals surface area contributed by atoms with Crippen molar-refractivity contribution in [2.24, 2.45) is 11.8 Å². The third-order valence-electron chi connectivity index (χ3n) is 8.45. The van der Waals surface area contributed by atoms with Crippen molar-refractivity contribution in [3.05, 3.63) is 47.8 Å². The second-order valence-electron chi connectivity index (χ2n) is 11.9. The molecule has 2 N–H and O–H groups in total. The van der Waals surface area contributed by atoms with Gasteiger partial charge in [-0.3, -0.25) is 9.59 Å². The van der Waals surface area contributed by atoms with Gasteiger partial charge in [0.1, 0.15) is 5.82 Å². The van der Waals surface area contributed by atoms with Crippen molar-refractivity contribution in [3.63, 3.8) is 0 Å². The third-order valence-corrected chi connectivity index (χ3v) is 8.45. The van der Waals surface area contributed by atoms with E-state index < -0.39 is 0 Å². The average molecular weight is 531 g/mol. The molecular weight excluding hydrogens is 488 g/mol. The van der Waals surface area contributed by atoms with Crippen LogP contribution in [0.25, 0.3) is 22.0 Å². The molecule has 2 aliphatic heterocycles. The van der Waals surface area contributed by atoms with Gasteiger partial charge in [0.15, 0.2) is 0 Å². The van der Waals surface area contributed by atoms with Crippen LogP contribution in [0, 0.1) is 18.8 Å². The van der Waals surface area contributed by atoms with E-state index in [4.69, 9.17) is 4.98 Å². The van der Waals surface area contributed by atoms with Crippen LogP contribution < -0.4 is 15.5 Å². The van der Waals surface area contributed by atoms with Crippen LogP contribution in [0.3, 0.4) is 0 Å². The molecule has 3 aromatic rings. The van der Waals surface area contributed by atoms with Crippen molar-refractivity contribution in [2.45, 2.75) is 53.1 Å². The Hall–Kier alpha value is -3.39. The van der Waals surface area contributed by atoms with Crippen LogP contribution in [0.2, 0.25) is 0 Å². The number of aromatic nitrogens is 2. The second kappa shape index (κ2) is 11.0. The molecule has 2 amide bonds. The molecule has 0 bridgehead atoms. The molecule has 3 atom stereocenters. The number of fused-ring (bicyclic) bond motifs is 1. The van der Waals surface area contributed by atoms with Crippen molar-refractivity contribution in [2.75, 3.05) is 44.7 Å². The van der Waals surface area contributed by atoms with E-state index in [-0.39, 0.29) is 35.7 Å². The number of likely N-dealkylation sites (N-methyl/N-ethyl adjacent to an activating group) is 1. The maximum absolute atomic E-state index is 13.7. The van der Waals surface area contributed by atoms with Crippen LogP contribution >= 0.6 is 0 Å². The molecular formula is C31H42N6O2. The predicted molar refractivity (Wildman–Crippen MR) is 157 cm³/mol. The van der Waals surface area contributed by atoms with E-state index in [1.165, 1.54) is 0 Å². The lowest BCUT2D eigenvalue weighted by Gasteiger charge is -2.33. The van der Waals surface area contributed by atoms with E-state index in [0.717, 1.165) is 66.0 Å². The van der Waals surface area contributed by atoms with E-state index in [0.29, 0.717) is 12.1 Å². The smallest absolute Gasteiger partial charge is 0.252 e. The molecule has 2 aliphatic rings. The first-order valence-corrected chi connectivity index (χ1v) is 14.3. The molecule has 1 aromatic carbocycles. The number of carbonyl (C=O) groups excluding carboxylic acids is 2. The number of rotatable bonds is 6. The van der Waals surface area contributed by atoms with Gasteiger partial charge in [-0.1, -0.05) is 6.92 Å². The van der Waals surface area contributed by atoms with Crippen LogP contribution in [0.4, 0.5) is 5.82 Å². The minimum absolute atomic E-state index is 0.0223. The fourth-order valence-electron chi connectivity index (χ4n) is 6.12. The molecule has 0 spiro atoms. The van der Waals surface area contributed by atoms with E-state index in [9.17, 15) is 9.59 Å². The molecule has 0 saturated carbocycles. The lowest BCUT2D eigenvalue weighted by Crippen LogP contribution is -2.50. The number of nitrogens with zero attached hydrogens (tertiary/aromatic N) is 4. The van der Waals surface area contributed by atoms with Crippen LogP contribution in [0.5, 0.6) is 0 Å². The first-order chi connectivity index (χ1) is 18.6. The monoisotopic (exact) mass is 530 g/mol. The van der Waals surface area contributed by atoms with Crippen LogP contribution in [0.1, 0.15) is 56.1 Å². The summed E-state index contributed by atoms with van der Waals surface area (Å²) in [5.74, 6) is 0.855. The third kappa shape index (κ3) is 5.53. The zero-order chi connectivity index (χ0) is 27.8. The summed E-state index contributed by atoms with van der Waals surface area (Å²) in [5, 5.41) is 7.09. The summed E-state index contributed by atoms with van der Waals surface area (Å²) in [6.45, 7) is 14.8. The number of nitrogens with one attached hydrogen (secondary N) is 2. The van der Waals surface area contributed by atoms with Gasteiger partial charge in [0.2, 0.25) is 5.91 Å². The van der Waals surface area contributed by atoms with E-state index >= 15 is 0 Å². The van der Waals surface area contributed by atoms with Crippen LogP contribution in [-0.2, 0) is 4.79 Å². The summed E-state index contributed by atoms with van der Waals surface area (Å²) >= 11 is 0. The molecule has 2 aromatic heterocycles. The highest BCUT2D eigenvalue weighted by atomic mass is 16.2. The summed E-state index contributed by atoms with van der Waals surface area (Å²) in [4.78, 5) is 35.8.